The molecule has 2 aromatic rings. The van der Waals surface area contributed by atoms with Crippen LogP contribution in [-0.4, -0.2) is 57.5 Å². The van der Waals surface area contributed by atoms with Crippen molar-refractivity contribution in [2.75, 3.05) is 25.7 Å². The predicted octanol–water partition coefficient (Wildman–Crippen LogP) is 0.804. The molecule has 2 fully saturated rings. The Hall–Kier alpha value is -1.78. The van der Waals surface area contributed by atoms with Gasteiger partial charge in [0, 0.05) is 6.61 Å². The predicted molar refractivity (Wildman–Crippen MR) is 91.1 cm³/mol. The Labute approximate surface area is 151 Å². The zero-order chi connectivity index (χ0) is 18.4. The van der Waals surface area contributed by atoms with Crippen LogP contribution in [0.2, 0.25) is 0 Å². The van der Waals surface area contributed by atoms with E-state index >= 15 is 0 Å². The number of anilines is 1. The number of hydrogen-bond donors (Lipinski definition) is 2. The highest BCUT2D eigenvalue weighted by molar-refractivity contribution is 5.65. The molecule has 0 radical (unpaired) electrons. The summed E-state index contributed by atoms with van der Waals surface area (Å²) < 4.78 is 24.8. The fourth-order valence-electron chi connectivity index (χ4n) is 3.71. The maximum absolute atomic E-state index is 11.5. The standard InChI is InChI=1S/C17H24N4O5/c1-3-4-7-23-8-12-14-16(2,25-10-24-14)17(22,26-12)13-6-5-11-15(18)19-9-20-21(11)13/h5-6,9,12,14,22H,3-4,7-8,10H2,1-2H3,(H2,18,19,20)/t12-,14-,16-,17?/m1/s1. The third-order valence-electron chi connectivity index (χ3n) is 5.24. The quantitative estimate of drug-likeness (QED) is 0.724. The molecule has 2 aliphatic heterocycles. The van der Waals surface area contributed by atoms with Crippen molar-refractivity contribution in [2.45, 2.75) is 50.3 Å². The third-order valence-corrected chi connectivity index (χ3v) is 5.24. The Kier molecular flexibility index (Phi) is 4.36. The topological polar surface area (TPSA) is 113 Å². The van der Waals surface area contributed by atoms with Gasteiger partial charge < -0.3 is 29.8 Å². The molecule has 0 saturated carbocycles. The smallest absolute Gasteiger partial charge is 0.243 e. The zero-order valence-electron chi connectivity index (χ0n) is 14.9. The molecule has 4 atom stereocenters. The fraction of sp³-hybridized carbons (Fsp3) is 0.647. The Bertz CT molecular complexity index is 799. The second-order valence-electron chi connectivity index (χ2n) is 6.85. The maximum atomic E-state index is 11.5. The third kappa shape index (κ3) is 2.43. The van der Waals surface area contributed by atoms with Crippen LogP contribution in [0.25, 0.3) is 5.52 Å². The molecule has 9 nitrogen and oxygen atoms in total. The van der Waals surface area contributed by atoms with E-state index < -0.39 is 23.6 Å². The molecular weight excluding hydrogens is 340 g/mol. The van der Waals surface area contributed by atoms with Gasteiger partial charge in [0.1, 0.15) is 36.5 Å². The van der Waals surface area contributed by atoms with E-state index in [9.17, 15) is 5.11 Å². The van der Waals surface area contributed by atoms with Crippen LogP contribution in [0.5, 0.6) is 0 Å². The van der Waals surface area contributed by atoms with Gasteiger partial charge in [-0.15, -0.1) is 0 Å². The van der Waals surface area contributed by atoms with E-state index in [0.717, 1.165) is 12.8 Å². The fourth-order valence-corrected chi connectivity index (χ4v) is 3.71. The van der Waals surface area contributed by atoms with Crippen LogP contribution in [0.15, 0.2) is 18.5 Å². The monoisotopic (exact) mass is 364 g/mol. The van der Waals surface area contributed by atoms with Crippen molar-refractivity contribution >= 4 is 11.3 Å². The van der Waals surface area contributed by atoms with Gasteiger partial charge in [0.15, 0.2) is 11.4 Å². The summed E-state index contributed by atoms with van der Waals surface area (Å²) in [5.41, 5.74) is 5.80. The van der Waals surface area contributed by atoms with E-state index in [1.807, 2.05) is 0 Å². The highest BCUT2D eigenvalue weighted by atomic mass is 16.8. The molecule has 0 aliphatic carbocycles. The molecule has 26 heavy (non-hydrogen) atoms. The van der Waals surface area contributed by atoms with Gasteiger partial charge in [0.2, 0.25) is 5.79 Å². The van der Waals surface area contributed by atoms with Crippen LogP contribution in [0.4, 0.5) is 5.82 Å². The van der Waals surface area contributed by atoms with E-state index in [2.05, 4.69) is 17.0 Å². The van der Waals surface area contributed by atoms with Gasteiger partial charge in [-0.3, -0.25) is 0 Å². The average Bonchev–Trinajstić information content (AvgIpc) is 3.27. The highest BCUT2D eigenvalue weighted by Crippen LogP contribution is 2.51. The molecule has 4 heterocycles. The summed E-state index contributed by atoms with van der Waals surface area (Å²) in [6.45, 7) is 4.91. The van der Waals surface area contributed by atoms with Crippen LogP contribution in [0, 0.1) is 0 Å². The van der Waals surface area contributed by atoms with Crippen LogP contribution >= 0.6 is 0 Å². The lowest BCUT2D eigenvalue weighted by Crippen LogP contribution is -2.51. The first-order chi connectivity index (χ1) is 12.5. The van der Waals surface area contributed by atoms with E-state index in [4.69, 9.17) is 24.7 Å². The molecule has 1 unspecified atom stereocenters. The Morgan fingerprint density at radius 3 is 3.12 bits per heavy atom. The molecule has 4 rings (SSSR count). The second-order valence-corrected chi connectivity index (χ2v) is 6.85. The van der Waals surface area contributed by atoms with Crippen LogP contribution < -0.4 is 5.73 Å². The number of ether oxygens (including phenoxy) is 4. The Morgan fingerprint density at radius 2 is 2.31 bits per heavy atom. The summed E-state index contributed by atoms with van der Waals surface area (Å²) in [7, 11) is 0. The lowest BCUT2D eigenvalue weighted by molar-refractivity contribution is -0.284. The van der Waals surface area contributed by atoms with Gasteiger partial charge in [-0.2, -0.15) is 5.10 Å². The highest BCUT2D eigenvalue weighted by Gasteiger charge is 2.69. The Morgan fingerprint density at radius 1 is 1.46 bits per heavy atom. The summed E-state index contributed by atoms with van der Waals surface area (Å²) >= 11 is 0. The van der Waals surface area contributed by atoms with Gasteiger partial charge in [-0.25, -0.2) is 9.50 Å². The molecule has 3 N–H and O–H groups in total. The van der Waals surface area contributed by atoms with Crippen LogP contribution in [0.1, 0.15) is 32.4 Å². The second kappa shape index (κ2) is 6.43. The van der Waals surface area contributed by atoms with E-state index in [1.54, 1.807) is 19.1 Å². The number of unbranched alkanes of at least 4 members (excludes halogenated alkanes) is 1. The molecule has 0 amide bonds. The number of nitrogens with two attached hydrogens (primary N) is 1. The van der Waals surface area contributed by atoms with Gasteiger partial charge in [-0.1, -0.05) is 13.3 Å². The Balaban J connectivity index is 1.68. The van der Waals surface area contributed by atoms with Crippen molar-refractivity contribution in [3.05, 3.63) is 24.2 Å². The van der Waals surface area contributed by atoms with Crippen molar-refractivity contribution in [2.24, 2.45) is 0 Å². The number of aromatic nitrogens is 3. The number of hydrogen-bond acceptors (Lipinski definition) is 8. The molecule has 2 aliphatic rings. The molecule has 2 aromatic heterocycles. The largest absolute Gasteiger partial charge is 0.382 e. The molecule has 0 spiro atoms. The summed E-state index contributed by atoms with van der Waals surface area (Å²) in [5, 5.41) is 15.7. The minimum atomic E-state index is -1.76. The SMILES string of the molecule is CCCCOC[C@H]1OC(O)(c2ccc3c(N)ncnn23)[C@]2(C)OCO[C@H]12. The summed E-state index contributed by atoms with van der Waals surface area (Å²) in [4.78, 5) is 3.97. The number of rotatable bonds is 6. The summed E-state index contributed by atoms with van der Waals surface area (Å²) in [6.07, 6.45) is 2.43. The molecule has 0 bridgehead atoms. The molecule has 0 aromatic carbocycles. The number of nitrogens with zero attached hydrogens (tertiary/aromatic N) is 3. The van der Waals surface area contributed by atoms with Crippen molar-refractivity contribution < 1.29 is 24.1 Å². The first-order valence-electron chi connectivity index (χ1n) is 8.83. The first-order valence-corrected chi connectivity index (χ1v) is 8.83. The van der Waals surface area contributed by atoms with Gasteiger partial charge in [0.25, 0.3) is 0 Å². The van der Waals surface area contributed by atoms with Crippen molar-refractivity contribution in [3.8, 4) is 0 Å². The first kappa shape index (κ1) is 17.6. The lowest BCUT2D eigenvalue weighted by atomic mass is 9.88. The molecule has 2 saturated heterocycles. The maximum Gasteiger partial charge on any atom is 0.243 e. The zero-order valence-corrected chi connectivity index (χ0v) is 14.9. The number of nitrogen functional groups attached to an aromatic ring is 1. The van der Waals surface area contributed by atoms with Crippen molar-refractivity contribution in [1.29, 1.82) is 0 Å². The number of aliphatic hydroxyl groups is 1. The minimum absolute atomic E-state index is 0.0821. The minimum Gasteiger partial charge on any atom is -0.382 e. The summed E-state index contributed by atoms with van der Waals surface area (Å²) in [6, 6.07) is 3.45. The van der Waals surface area contributed by atoms with Crippen molar-refractivity contribution in [1.82, 2.24) is 14.6 Å². The normalized spacial score (nSPS) is 33.8. The average molecular weight is 364 g/mol. The molecular formula is C17H24N4O5. The van der Waals surface area contributed by atoms with E-state index in [1.165, 1.54) is 10.8 Å². The number of fused-ring (bicyclic) bond motifs is 2. The molecule has 142 valence electrons. The van der Waals surface area contributed by atoms with Crippen LogP contribution in [-0.2, 0) is 24.7 Å². The molecule has 9 heteroatoms. The van der Waals surface area contributed by atoms with E-state index in [-0.39, 0.29) is 6.79 Å². The van der Waals surface area contributed by atoms with Crippen molar-refractivity contribution in [3.63, 3.8) is 0 Å². The van der Waals surface area contributed by atoms with E-state index in [0.29, 0.717) is 30.2 Å². The van der Waals surface area contributed by atoms with Gasteiger partial charge >= 0.3 is 0 Å². The van der Waals surface area contributed by atoms with Gasteiger partial charge in [-0.05, 0) is 25.5 Å². The van der Waals surface area contributed by atoms with Crippen LogP contribution in [0.3, 0.4) is 0 Å². The summed E-state index contributed by atoms with van der Waals surface area (Å²) in [5.74, 6) is -1.45. The van der Waals surface area contributed by atoms with Gasteiger partial charge in [0.05, 0.1) is 6.61 Å². The lowest BCUT2D eigenvalue weighted by Gasteiger charge is -2.34.